The van der Waals surface area contributed by atoms with Crippen molar-refractivity contribution in [3.63, 3.8) is 0 Å². The Kier molecular flexibility index (Phi) is 5.91. The average Bonchev–Trinajstić information content (AvgIpc) is 2.78. The number of benzene rings is 2. The highest BCUT2D eigenvalue weighted by Crippen LogP contribution is 2.33. The van der Waals surface area contributed by atoms with Crippen LogP contribution in [0.1, 0.15) is 0 Å². The first-order valence-corrected chi connectivity index (χ1v) is 10.5. The zero-order chi connectivity index (χ0) is 22.8. The summed E-state index contributed by atoms with van der Waals surface area (Å²) in [6.45, 7) is 0. The molecule has 0 bridgehead atoms. The molecule has 4 rings (SSSR count). The molecule has 0 aliphatic heterocycles. The molecule has 9 heteroatoms. The number of carbonyl (C=O) groups excluding carboxylic acids is 1. The van der Waals surface area contributed by atoms with Crippen LogP contribution in [0, 0.1) is 5.82 Å². The topological polar surface area (TPSA) is 88.1 Å². The van der Waals surface area contributed by atoms with Crippen molar-refractivity contribution in [1.29, 1.82) is 0 Å². The van der Waals surface area contributed by atoms with Gasteiger partial charge in [0.25, 0.3) is 5.56 Å². The molecule has 2 amide bonds. The summed E-state index contributed by atoms with van der Waals surface area (Å²) in [6, 6.07) is 14.3. The Morgan fingerprint density at radius 2 is 1.81 bits per heavy atom. The maximum atomic E-state index is 14.6. The molecular weight excluding hydrogens is 477 g/mol. The van der Waals surface area contributed by atoms with E-state index in [-0.39, 0.29) is 11.2 Å². The third-order valence-electron chi connectivity index (χ3n) is 4.99. The van der Waals surface area contributed by atoms with Crippen molar-refractivity contribution >= 4 is 50.1 Å². The number of rotatable bonds is 4. The van der Waals surface area contributed by atoms with Crippen LogP contribution in [0.4, 0.5) is 26.4 Å². The zero-order valence-electron chi connectivity index (χ0n) is 17.2. The Morgan fingerprint density at radius 3 is 2.53 bits per heavy atom. The van der Waals surface area contributed by atoms with E-state index in [9.17, 15) is 14.0 Å². The molecule has 32 heavy (non-hydrogen) atoms. The molecule has 3 N–H and O–H groups in total. The minimum absolute atomic E-state index is 0.0533. The van der Waals surface area contributed by atoms with Crippen molar-refractivity contribution in [2.75, 3.05) is 23.0 Å². The Hall–Kier alpha value is -3.72. The van der Waals surface area contributed by atoms with E-state index in [0.29, 0.717) is 32.6 Å². The number of fused-ring (bicyclic) bond motifs is 1. The average molecular weight is 496 g/mol. The fourth-order valence-corrected chi connectivity index (χ4v) is 3.88. The van der Waals surface area contributed by atoms with Crippen molar-refractivity contribution in [2.24, 2.45) is 7.05 Å². The molecule has 0 aliphatic rings. The number of aryl methyl sites for hydroxylation is 1. The number of hydrogen-bond acceptors (Lipinski definition) is 4. The number of halogens is 2. The second kappa shape index (κ2) is 8.80. The quantitative estimate of drug-likeness (QED) is 0.363. The smallest absolute Gasteiger partial charge is 0.323 e. The predicted molar refractivity (Wildman–Crippen MR) is 129 cm³/mol. The fraction of sp³-hybridized carbons (Fsp3) is 0.0870. The van der Waals surface area contributed by atoms with Gasteiger partial charge in [-0.05, 0) is 30.3 Å². The van der Waals surface area contributed by atoms with Crippen LogP contribution in [0.15, 0.2) is 70.1 Å². The lowest BCUT2D eigenvalue weighted by Gasteiger charge is -2.14. The number of urea groups is 1. The van der Waals surface area contributed by atoms with Gasteiger partial charge in [-0.25, -0.2) is 14.2 Å². The summed E-state index contributed by atoms with van der Waals surface area (Å²) in [7, 11) is 3.41. The van der Waals surface area contributed by atoms with Gasteiger partial charge in [0.15, 0.2) is 0 Å². The van der Waals surface area contributed by atoms with E-state index in [4.69, 9.17) is 0 Å². The molecule has 7 nitrogen and oxygen atoms in total. The number of nitrogens with zero attached hydrogens (tertiary/aromatic N) is 2. The lowest BCUT2D eigenvalue weighted by Crippen LogP contribution is -2.21. The van der Waals surface area contributed by atoms with Gasteiger partial charge in [-0.15, -0.1) is 0 Å². The monoisotopic (exact) mass is 495 g/mol. The highest BCUT2D eigenvalue weighted by atomic mass is 79.9. The number of hydrogen-bond donors (Lipinski definition) is 3. The first kappa shape index (κ1) is 21.5. The summed E-state index contributed by atoms with van der Waals surface area (Å²) in [5, 5.41) is 8.84. The van der Waals surface area contributed by atoms with Crippen LogP contribution in [-0.4, -0.2) is 22.6 Å². The SMILES string of the molecule is CNc1cc2c(cn1)cc(-c1cc(NC(=O)Nc3ccccc3)c(F)cc1Br)c(=O)n2C. The van der Waals surface area contributed by atoms with Gasteiger partial charge in [-0.2, -0.15) is 0 Å². The largest absolute Gasteiger partial charge is 0.373 e. The lowest BCUT2D eigenvalue weighted by molar-refractivity contribution is 0.262. The molecule has 0 unspecified atom stereocenters. The van der Waals surface area contributed by atoms with Gasteiger partial charge in [0.05, 0.1) is 11.2 Å². The number of aromatic nitrogens is 2. The third-order valence-corrected chi connectivity index (χ3v) is 5.65. The zero-order valence-corrected chi connectivity index (χ0v) is 18.8. The molecule has 4 aromatic rings. The van der Waals surface area contributed by atoms with E-state index in [1.54, 1.807) is 56.7 Å². The molecule has 2 aromatic carbocycles. The molecule has 0 spiro atoms. The molecule has 2 heterocycles. The second-order valence-corrected chi connectivity index (χ2v) is 7.91. The van der Waals surface area contributed by atoms with E-state index in [0.717, 1.165) is 5.39 Å². The molecule has 0 saturated heterocycles. The van der Waals surface area contributed by atoms with Gasteiger partial charge >= 0.3 is 6.03 Å². The van der Waals surface area contributed by atoms with Crippen LogP contribution >= 0.6 is 15.9 Å². The van der Waals surface area contributed by atoms with E-state index >= 15 is 0 Å². The summed E-state index contributed by atoms with van der Waals surface area (Å²) in [4.78, 5) is 29.7. The summed E-state index contributed by atoms with van der Waals surface area (Å²) < 4.78 is 16.5. The molecule has 0 saturated carbocycles. The van der Waals surface area contributed by atoms with Gasteiger partial charge in [0.2, 0.25) is 0 Å². The van der Waals surface area contributed by atoms with Gasteiger partial charge in [-0.3, -0.25) is 4.79 Å². The number of nitrogens with one attached hydrogen (secondary N) is 3. The van der Waals surface area contributed by atoms with E-state index in [1.165, 1.54) is 16.7 Å². The molecule has 0 radical (unpaired) electrons. The first-order chi connectivity index (χ1) is 15.4. The van der Waals surface area contributed by atoms with Crippen LogP contribution < -0.4 is 21.5 Å². The van der Waals surface area contributed by atoms with E-state index in [1.807, 2.05) is 6.07 Å². The Labute approximate surface area is 191 Å². The van der Waals surface area contributed by atoms with Crippen LogP contribution in [0.3, 0.4) is 0 Å². The second-order valence-electron chi connectivity index (χ2n) is 7.06. The molecule has 0 atom stereocenters. The summed E-state index contributed by atoms with van der Waals surface area (Å²) in [5.74, 6) is 0.000839. The molecule has 0 fully saturated rings. The minimum atomic E-state index is -0.637. The Balaban J connectivity index is 1.74. The third kappa shape index (κ3) is 4.19. The summed E-state index contributed by atoms with van der Waals surface area (Å²) in [6.07, 6.45) is 1.66. The fourth-order valence-electron chi connectivity index (χ4n) is 3.35. The minimum Gasteiger partial charge on any atom is -0.373 e. The number of amides is 2. The van der Waals surface area contributed by atoms with E-state index < -0.39 is 11.8 Å². The van der Waals surface area contributed by atoms with Crippen molar-refractivity contribution < 1.29 is 9.18 Å². The lowest BCUT2D eigenvalue weighted by atomic mass is 10.0. The van der Waals surface area contributed by atoms with Crippen LogP contribution in [0.2, 0.25) is 0 Å². The van der Waals surface area contributed by atoms with Crippen molar-refractivity contribution in [3.8, 4) is 11.1 Å². The van der Waals surface area contributed by atoms with Crippen molar-refractivity contribution in [3.05, 3.63) is 81.4 Å². The maximum absolute atomic E-state index is 14.6. The normalized spacial score (nSPS) is 10.8. The number of anilines is 3. The van der Waals surface area contributed by atoms with Gasteiger partial charge in [0.1, 0.15) is 11.6 Å². The number of carbonyl (C=O) groups is 1. The van der Waals surface area contributed by atoms with Crippen molar-refractivity contribution in [1.82, 2.24) is 9.55 Å². The van der Waals surface area contributed by atoms with Gasteiger partial charge in [-0.1, -0.05) is 34.1 Å². The highest BCUT2D eigenvalue weighted by Gasteiger charge is 2.17. The summed E-state index contributed by atoms with van der Waals surface area (Å²) in [5.41, 5.74) is 1.75. The molecule has 0 aliphatic carbocycles. The number of para-hydroxylation sites is 1. The summed E-state index contributed by atoms with van der Waals surface area (Å²) >= 11 is 3.34. The highest BCUT2D eigenvalue weighted by molar-refractivity contribution is 9.10. The van der Waals surface area contributed by atoms with Crippen molar-refractivity contribution in [2.45, 2.75) is 0 Å². The standard InChI is InChI=1S/C23H19BrFN5O2/c1-26-21-11-20-13(12-27-21)8-16(22(31)30(20)2)15-9-19(18(25)10-17(15)24)29-23(32)28-14-6-4-3-5-7-14/h3-12H,1-2H3,(H,26,27)(H2,28,29,32). The van der Waals surface area contributed by atoms with Gasteiger partial charge < -0.3 is 20.5 Å². The first-order valence-electron chi connectivity index (χ1n) is 9.67. The van der Waals surface area contributed by atoms with Crippen LogP contribution in [-0.2, 0) is 7.05 Å². The van der Waals surface area contributed by atoms with Gasteiger partial charge in [0, 0.05) is 53.0 Å². The van der Waals surface area contributed by atoms with Crippen LogP contribution in [0.25, 0.3) is 22.0 Å². The Bertz CT molecular complexity index is 1390. The molecular formula is C23H19BrFN5O2. The van der Waals surface area contributed by atoms with E-state index in [2.05, 4.69) is 36.9 Å². The molecule has 162 valence electrons. The van der Waals surface area contributed by atoms with Crippen LogP contribution in [0.5, 0.6) is 0 Å². The predicted octanol–water partition coefficient (Wildman–Crippen LogP) is 5.19. The Morgan fingerprint density at radius 1 is 1.06 bits per heavy atom. The molecule has 2 aromatic heterocycles. The maximum Gasteiger partial charge on any atom is 0.323 e. The number of pyridine rings is 2.